The highest BCUT2D eigenvalue weighted by atomic mass is 35.5. The molecule has 0 aromatic heterocycles. The molecule has 0 fully saturated rings. The van der Waals surface area contributed by atoms with Crippen molar-refractivity contribution < 1.29 is 30.7 Å². The second-order valence-electron chi connectivity index (χ2n) is 1.86. The van der Waals surface area contributed by atoms with Crippen LogP contribution in [0.5, 0.6) is 0 Å². The molecule has 0 amide bonds. The first-order chi connectivity index (χ1) is 5.10. The van der Waals surface area contributed by atoms with Gasteiger partial charge in [-0.25, -0.2) is 13.2 Å². The molecule has 0 aliphatic carbocycles. The fraction of sp³-hybridized carbons (Fsp3) is 1.00. The third kappa shape index (κ3) is 2.15. The molecule has 0 nitrogen and oxygen atoms in total. The van der Waals surface area contributed by atoms with Crippen molar-refractivity contribution in [3.05, 3.63) is 0 Å². The summed E-state index contributed by atoms with van der Waals surface area (Å²) in [6.07, 6.45) is -8.48. The van der Waals surface area contributed by atoms with E-state index in [1.807, 2.05) is 0 Å². The van der Waals surface area contributed by atoms with Crippen molar-refractivity contribution >= 4 is 11.6 Å². The number of halogens is 8. The molecule has 0 radical (unpaired) electrons. The molecule has 8 heteroatoms. The lowest BCUT2D eigenvalue weighted by molar-refractivity contribution is -0.219. The van der Waals surface area contributed by atoms with E-state index < -0.39 is 23.9 Å². The average Bonchev–Trinajstić information content (AvgIpc) is 1.83. The molecule has 0 N–H and O–H groups in total. The highest BCUT2D eigenvalue weighted by Gasteiger charge is 2.63. The van der Waals surface area contributed by atoms with Crippen LogP contribution in [0.2, 0.25) is 0 Å². The van der Waals surface area contributed by atoms with Crippen molar-refractivity contribution in [3.63, 3.8) is 0 Å². The van der Waals surface area contributed by atoms with Crippen molar-refractivity contribution in [2.24, 2.45) is 0 Å². The first kappa shape index (κ1) is 11.8. The van der Waals surface area contributed by atoms with Crippen LogP contribution >= 0.6 is 11.6 Å². The zero-order valence-corrected chi connectivity index (χ0v) is 5.93. The van der Waals surface area contributed by atoms with Gasteiger partial charge >= 0.3 is 11.3 Å². The molecular weight excluding hydrogens is 216 g/mol. The third-order valence-electron chi connectivity index (χ3n) is 0.946. The minimum atomic E-state index is -5.57. The topological polar surface area (TPSA) is 0 Å². The van der Waals surface area contributed by atoms with Gasteiger partial charge in [-0.1, -0.05) is 0 Å². The Morgan fingerprint density at radius 1 is 0.917 bits per heavy atom. The summed E-state index contributed by atoms with van der Waals surface area (Å²) in [7, 11) is 0. The molecule has 0 aliphatic rings. The van der Waals surface area contributed by atoms with E-state index in [0.29, 0.717) is 0 Å². The fourth-order valence-electron chi connectivity index (χ4n) is 0.315. The zero-order chi connectivity index (χ0) is 10.2. The smallest absolute Gasteiger partial charge is 0.234 e. The van der Waals surface area contributed by atoms with Crippen molar-refractivity contribution in [3.8, 4) is 0 Å². The van der Waals surface area contributed by atoms with Gasteiger partial charge in [-0.15, -0.1) is 0 Å². The predicted molar refractivity (Wildman–Crippen MR) is 26.6 cm³/mol. The Morgan fingerprint density at radius 2 is 1.25 bits per heavy atom. The van der Waals surface area contributed by atoms with Crippen LogP contribution in [0.1, 0.15) is 0 Å². The second-order valence-corrected chi connectivity index (χ2v) is 2.33. The molecule has 0 spiro atoms. The summed E-state index contributed by atoms with van der Waals surface area (Å²) in [6, 6.07) is 0. The Morgan fingerprint density at radius 3 is 1.33 bits per heavy atom. The summed E-state index contributed by atoms with van der Waals surface area (Å²) in [5, 5.41) is -5.32. The summed E-state index contributed by atoms with van der Waals surface area (Å²) >= 11 is 3.71. The Bertz CT molecular complexity index is 150. The molecule has 1 atom stereocenters. The molecule has 12 heavy (non-hydrogen) atoms. The monoisotopic (exact) mass is 218 g/mol. The Labute approximate surface area is 67.3 Å². The van der Waals surface area contributed by atoms with E-state index in [0.717, 1.165) is 0 Å². The fourth-order valence-corrected chi connectivity index (χ4v) is 0.419. The molecule has 0 aliphatic heterocycles. The molecule has 0 saturated heterocycles. The maximum Gasteiger partial charge on any atom is 0.387 e. The molecule has 74 valence electrons. The van der Waals surface area contributed by atoms with Crippen molar-refractivity contribution in [2.45, 2.75) is 23.9 Å². The van der Waals surface area contributed by atoms with Crippen LogP contribution in [-0.4, -0.2) is 23.9 Å². The maximum atomic E-state index is 11.8. The molecule has 1 unspecified atom stereocenters. The normalized spacial score (nSPS) is 16.8. The van der Waals surface area contributed by atoms with Gasteiger partial charge in [0.25, 0.3) is 6.43 Å². The molecular formula is C4H2ClF7. The van der Waals surface area contributed by atoms with Crippen LogP contribution in [0.4, 0.5) is 30.7 Å². The minimum Gasteiger partial charge on any atom is -0.234 e. The average molecular weight is 218 g/mol. The van der Waals surface area contributed by atoms with Crippen LogP contribution < -0.4 is 0 Å². The van der Waals surface area contributed by atoms with E-state index in [1.165, 1.54) is 0 Å². The molecule has 0 saturated carbocycles. The van der Waals surface area contributed by atoms with Gasteiger partial charge in [0.2, 0.25) is 6.17 Å². The Kier molecular flexibility index (Phi) is 3.22. The van der Waals surface area contributed by atoms with E-state index in [4.69, 9.17) is 0 Å². The van der Waals surface area contributed by atoms with Gasteiger partial charge in [0.05, 0.1) is 0 Å². The van der Waals surface area contributed by atoms with Gasteiger partial charge in [0.1, 0.15) is 0 Å². The van der Waals surface area contributed by atoms with E-state index >= 15 is 0 Å². The highest BCUT2D eigenvalue weighted by Crippen LogP contribution is 2.42. The number of hydrogen-bond donors (Lipinski definition) is 0. The lowest BCUT2D eigenvalue weighted by atomic mass is 10.2. The molecule has 0 aromatic carbocycles. The lowest BCUT2D eigenvalue weighted by Gasteiger charge is -2.23. The van der Waals surface area contributed by atoms with E-state index in [2.05, 4.69) is 11.6 Å². The number of hydrogen-bond acceptors (Lipinski definition) is 0. The van der Waals surface area contributed by atoms with Gasteiger partial charge in [-0.3, -0.25) is 0 Å². The Hall–Kier alpha value is -0.200. The zero-order valence-electron chi connectivity index (χ0n) is 5.18. The highest BCUT2D eigenvalue weighted by molar-refractivity contribution is 6.22. The lowest BCUT2D eigenvalue weighted by Crippen LogP contribution is -2.47. The largest absolute Gasteiger partial charge is 0.387 e. The summed E-state index contributed by atoms with van der Waals surface area (Å²) in [4.78, 5) is 0. The summed E-state index contributed by atoms with van der Waals surface area (Å²) in [6.45, 7) is 0. The van der Waals surface area contributed by atoms with E-state index in [1.54, 1.807) is 0 Å². The number of alkyl halides is 8. The van der Waals surface area contributed by atoms with Crippen molar-refractivity contribution in [1.29, 1.82) is 0 Å². The Balaban J connectivity index is 4.61. The van der Waals surface area contributed by atoms with Crippen LogP contribution in [-0.2, 0) is 0 Å². The summed E-state index contributed by atoms with van der Waals surface area (Å²) in [5.41, 5.74) is 0. The van der Waals surface area contributed by atoms with Gasteiger partial charge < -0.3 is 0 Å². The summed E-state index contributed by atoms with van der Waals surface area (Å²) in [5.74, 6) is -5.57. The molecule has 0 heterocycles. The second kappa shape index (κ2) is 3.27. The SMILES string of the molecule is FC(F)C(F)C(F)(F)C(F)(F)Cl. The number of rotatable bonds is 3. The predicted octanol–water partition coefficient (Wildman–Crippen LogP) is 3.06. The van der Waals surface area contributed by atoms with Crippen LogP contribution in [0.3, 0.4) is 0 Å². The first-order valence-corrected chi connectivity index (χ1v) is 2.85. The minimum absolute atomic E-state index is 3.71. The maximum absolute atomic E-state index is 11.8. The van der Waals surface area contributed by atoms with Crippen molar-refractivity contribution in [1.82, 2.24) is 0 Å². The molecule has 0 bridgehead atoms. The molecule has 0 aromatic rings. The van der Waals surface area contributed by atoms with Crippen LogP contribution in [0.25, 0.3) is 0 Å². The van der Waals surface area contributed by atoms with Crippen LogP contribution in [0.15, 0.2) is 0 Å². The quantitative estimate of drug-likeness (QED) is 0.504. The van der Waals surface area contributed by atoms with E-state index in [9.17, 15) is 30.7 Å². The van der Waals surface area contributed by atoms with Crippen molar-refractivity contribution in [2.75, 3.05) is 0 Å². The van der Waals surface area contributed by atoms with Gasteiger partial charge in [0.15, 0.2) is 0 Å². The van der Waals surface area contributed by atoms with Gasteiger partial charge in [0, 0.05) is 0 Å². The summed E-state index contributed by atoms with van der Waals surface area (Å²) < 4.78 is 80.9. The first-order valence-electron chi connectivity index (χ1n) is 2.47. The van der Waals surface area contributed by atoms with Gasteiger partial charge in [-0.2, -0.15) is 17.6 Å². The van der Waals surface area contributed by atoms with Crippen LogP contribution in [0, 0.1) is 0 Å². The molecule has 0 rings (SSSR count). The third-order valence-corrected chi connectivity index (χ3v) is 1.20. The van der Waals surface area contributed by atoms with E-state index in [-0.39, 0.29) is 0 Å². The standard InChI is InChI=1S/C4H2ClF7/c5-4(11,12)3(9,10)1(6)2(7)8/h1-2H. The van der Waals surface area contributed by atoms with Gasteiger partial charge in [-0.05, 0) is 11.6 Å².